The van der Waals surface area contributed by atoms with Crippen molar-refractivity contribution in [2.75, 3.05) is 11.9 Å². The Bertz CT molecular complexity index is 400. The van der Waals surface area contributed by atoms with Crippen LogP contribution in [0, 0.1) is 0 Å². The number of benzene rings is 1. The lowest BCUT2D eigenvalue weighted by atomic mass is 10.2. The predicted octanol–water partition coefficient (Wildman–Crippen LogP) is 0.944. The molecule has 18 heavy (non-hydrogen) atoms. The van der Waals surface area contributed by atoms with Gasteiger partial charge in [0, 0.05) is 18.1 Å². The number of rotatable bonds is 7. The maximum absolute atomic E-state index is 11.3. The smallest absolute Gasteiger partial charge is 0.224 e. The molecule has 1 N–H and O–H groups in total. The second kappa shape index (κ2) is 7.32. The number of aliphatic carboxylic acids is 1. The number of carbonyl (C=O) groups excluding carboxylic acids is 2. The lowest BCUT2D eigenvalue weighted by Gasteiger charge is -2.07. The molecule has 5 heteroatoms. The molecule has 0 fully saturated rings. The number of carboxylic acids is 1. The molecule has 0 saturated carbocycles. The summed E-state index contributed by atoms with van der Waals surface area (Å²) in [5, 5.41) is 12.8. The van der Waals surface area contributed by atoms with Crippen molar-refractivity contribution in [1.82, 2.24) is 0 Å². The lowest BCUT2D eigenvalue weighted by molar-refractivity contribution is -0.305. The standard InChI is InChI=1S/C13H17NO4/c1-2-9-18-11-5-3-10(4-6-11)14-12(15)7-8-13(16)17/h3-6H,2,7-9H2,1H3,(H,14,15)(H,16,17)/p-1. The van der Waals surface area contributed by atoms with E-state index in [-0.39, 0.29) is 18.7 Å². The van der Waals surface area contributed by atoms with Gasteiger partial charge in [-0.05, 0) is 37.1 Å². The third-order valence-electron chi connectivity index (χ3n) is 2.17. The van der Waals surface area contributed by atoms with E-state index in [1.165, 1.54) is 0 Å². The Morgan fingerprint density at radius 1 is 1.22 bits per heavy atom. The molecule has 0 atom stereocenters. The van der Waals surface area contributed by atoms with E-state index in [2.05, 4.69) is 5.32 Å². The number of carbonyl (C=O) groups is 2. The Hall–Kier alpha value is -2.04. The number of anilines is 1. The molecule has 0 aliphatic carbocycles. The third kappa shape index (κ3) is 5.34. The van der Waals surface area contributed by atoms with Crippen LogP contribution in [0.25, 0.3) is 0 Å². The fourth-order valence-electron chi connectivity index (χ4n) is 1.29. The van der Waals surface area contributed by atoms with Gasteiger partial charge in [0.2, 0.25) is 5.91 Å². The molecule has 0 spiro atoms. The molecule has 0 aromatic heterocycles. The van der Waals surface area contributed by atoms with Gasteiger partial charge < -0.3 is 20.0 Å². The number of amides is 1. The van der Waals surface area contributed by atoms with Crippen molar-refractivity contribution in [2.24, 2.45) is 0 Å². The fraction of sp³-hybridized carbons (Fsp3) is 0.385. The van der Waals surface area contributed by atoms with Crippen molar-refractivity contribution >= 4 is 17.6 Å². The molecular formula is C13H16NO4-. The third-order valence-corrected chi connectivity index (χ3v) is 2.17. The summed E-state index contributed by atoms with van der Waals surface area (Å²) in [6.07, 6.45) is 0.571. The van der Waals surface area contributed by atoms with Gasteiger partial charge in [0.05, 0.1) is 6.61 Å². The van der Waals surface area contributed by atoms with Crippen molar-refractivity contribution in [3.63, 3.8) is 0 Å². The molecular weight excluding hydrogens is 234 g/mol. The molecule has 98 valence electrons. The first-order chi connectivity index (χ1) is 8.61. The van der Waals surface area contributed by atoms with E-state index in [9.17, 15) is 14.7 Å². The Morgan fingerprint density at radius 3 is 2.44 bits per heavy atom. The lowest BCUT2D eigenvalue weighted by Crippen LogP contribution is -2.24. The summed E-state index contributed by atoms with van der Waals surface area (Å²) >= 11 is 0. The summed E-state index contributed by atoms with van der Waals surface area (Å²) in [4.78, 5) is 21.5. The van der Waals surface area contributed by atoms with Crippen molar-refractivity contribution in [2.45, 2.75) is 26.2 Å². The molecule has 1 aromatic carbocycles. The van der Waals surface area contributed by atoms with E-state index in [1.54, 1.807) is 24.3 Å². The highest BCUT2D eigenvalue weighted by molar-refractivity contribution is 5.92. The first-order valence-electron chi connectivity index (χ1n) is 5.84. The van der Waals surface area contributed by atoms with Crippen molar-refractivity contribution < 1.29 is 19.4 Å². The first kappa shape index (κ1) is 14.0. The highest BCUT2D eigenvalue weighted by Crippen LogP contribution is 2.16. The van der Waals surface area contributed by atoms with Crippen molar-refractivity contribution in [3.8, 4) is 5.75 Å². The summed E-state index contributed by atoms with van der Waals surface area (Å²) in [5.41, 5.74) is 0.613. The predicted molar refractivity (Wildman–Crippen MR) is 65.1 cm³/mol. The molecule has 0 unspecified atom stereocenters. The second-order valence-electron chi connectivity index (χ2n) is 3.79. The van der Waals surface area contributed by atoms with Crippen LogP contribution in [0.4, 0.5) is 5.69 Å². The molecule has 0 aliphatic rings. The van der Waals surface area contributed by atoms with Gasteiger partial charge in [-0.2, -0.15) is 0 Å². The van der Waals surface area contributed by atoms with Gasteiger partial charge in [0.15, 0.2) is 0 Å². The summed E-state index contributed by atoms with van der Waals surface area (Å²) in [7, 11) is 0. The average Bonchev–Trinajstić information content (AvgIpc) is 2.35. The fourth-order valence-corrected chi connectivity index (χ4v) is 1.29. The largest absolute Gasteiger partial charge is 0.550 e. The minimum absolute atomic E-state index is 0.0869. The topological polar surface area (TPSA) is 78.5 Å². The number of carboxylic acid groups (broad SMARTS) is 1. The molecule has 1 rings (SSSR count). The molecule has 0 heterocycles. The van der Waals surface area contributed by atoms with Crippen LogP contribution in [-0.4, -0.2) is 18.5 Å². The van der Waals surface area contributed by atoms with E-state index in [4.69, 9.17) is 4.74 Å². The van der Waals surface area contributed by atoms with E-state index >= 15 is 0 Å². The second-order valence-corrected chi connectivity index (χ2v) is 3.79. The van der Waals surface area contributed by atoms with Crippen LogP contribution in [0.2, 0.25) is 0 Å². The summed E-state index contributed by atoms with van der Waals surface area (Å²) < 4.78 is 5.40. The maximum Gasteiger partial charge on any atom is 0.224 e. The molecule has 0 radical (unpaired) electrons. The first-order valence-corrected chi connectivity index (χ1v) is 5.84. The zero-order chi connectivity index (χ0) is 13.4. The van der Waals surface area contributed by atoms with E-state index < -0.39 is 5.97 Å². The zero-order valence-corrected chi connectivity index (χ0v) is 10.3. The van der Waals surface area contributed by atoms with Crippen molar-refractivity contribution in [1.29, 1.82) is 0 Å². The van der Waals surface area contributed by atoms with E-state index in [0.29, 0.717) is 12.3 Å². The number of ether oxygens (including phenoxy) is 1. The highest BCUT2D eigenvalue weighted by atomic mass is 16.5. The minimum atomic E-state index is -1.23. The Morgan fingerprint density at radius 2 is 1.89 bits per heavy atom. The number of nitrogens with one attached hydrogen (secondary N) is 1. The summed E-state index contributed by atoms with van der Waals surface area (Å²) in [6, 6.07) is 6.93. The Labute approximate surface area is 106 Å². The molecule has 1 amide bonds. The summed E-state index contributed by atoms with van der Waals surface area (Å²) in [5.74, 6) is -0.834. The molecule has 0 saturated heterocycles. The zero-order valence-electron chi connectivity index (χ0n) is 10.3. The maximum atomic E-state index is 11.3. The van der Waals surface area contributed by atoms with Gasteiger partial charge in [-0.15, -0.1) is 0 Å². The highest BCUT2D eigenvalue weighted by Gasteiger charge is 2.02. The van der Waals surface area contributed by atoms with E-state index in [0.717, 1.165) is 12.2 Å². The molecule has 0 bridgehead atoms. The number of hydrogen-bond acceptors (Lipinski definition) is 4. The van der Waals surface area contributed by atoms with Gasteiger partial charge in [-0.25, -0.2) is 0 Å². The van der Waals surface area contributed by atoms with Gasteiger partial charge in [0.25, 0.3) is 0 Å². The normalized spacial score (nSPS) is 9.83. The van der Waals surface area contributed by atoms with Gasteiger partial charge in [-0.3, -0.25) is 4.79 Å². The SMILES string of the molecule is CCCOc1ccc(NC(=O)CCC(=O)[O-])cc1. The Kier molecular flexibility index (Phi) is 5.70. The van der Waals surface area contributed by atoms with Crippen LogP contribution in [-0.2, 0) is 9.59 Å². The van der Waals surface area contributed by atoms with E-state index in [1.807, 2.05) is 6.92 Å². The van der Waals surface area contributed by atoms with Crippen LogP contribution in [0.15, 0.2) is 24.3 Å². The van der Waals surface area contributed by atoms with Gasteiger partial charge in [-0.1, -0.05) is 6.92 Å². The van der Waals surface area contributed by atoms with Gasteiger partial charge >= 0.3 is 0 Å². The molecule has 0 aliphatic heterocycles. The van der Waals surface area contributed by atoms with Crippen LogP contribution < -0.4 is 15.2 Å². The van der Waals surface area contributed by atoms with Crippen LogP contribution >= 0.6 is 0 Å². The minimum Gasteiger partial charge on any atom is -0.550 e. The van der Waals surface area contributed by atoms with Crippen LogP contribution in [0.5, 0.6) is 5.75 Å². The van der Waals surface area contributed by atoms with Crippen molar-refractivity contribution in [3.05, 3.63) is 24.3 Å². The summed E-state index contributed by atoms with van der Waals surface area (Å²) in [6.45, 7) is 2.67. The number of hydrogen-bond donors (Lipinski definition) is 1. The Balaban J connectivity index is 2.42. The average molecular weight is 250 g/mol. The van der Waals surface area contributed by atoms with Gasteiger partial charge in [0.1, 0.15) is 5.75 Å². The molecule has 1 aromatic rings. The van der Waals surface area contributed by atoms with Crippen LogP contribution in [0.1, 0.15) is 26.2 Å². The monoisotopic (exact) mass is 250 g/mol. The molecule has 5 nitrogen and oxygen atoms in total. The van der Waals surface area contributed by atoms with Crippen LogP contribution in [0.3, 0.4) is 0 Å². The quantitative estimate of drug-likeness (QED) is 0.781.